The molecule has 1 heterocycles. The van der Waals surface area contributed by atoms with Crippen molar-refractivity contribution in [1.29, 1.82) is 0 Å². The van der Waals surface area contributed by atoms with Gasteiger partial charge in [-0.05, 0) is 12.1 Å². The van der Waals surface area contributed by atoms with Crippen molar-refractivity contribution in [3.05, 3.63) is 24.0 Å². The molecule has 0 aliphatic heterocycles. The van der Waals surface area contributed by atoms with Crippen LogP contribution in [0.4, 0.5) is 5.69 Å². The lowest BCUT2D eigenvalue weighted by atomic mass is 10.2. The van der Waals surface area contributed by atoms with Gasteiger partial charge in [-0.15, -0.1) is 0 Å². The number of carbonyl (C=O) groups is 2. The first-order valence-corrected chi connectivity index (χ1v) is 4.71. The van der Waals surface area contributed by atoms with Crippen LogP contribution in [-0.2, 0) is 16.0 Å². The van der Waals surface area contributed by atoms with E-state index >= 15 is 0 Å². The van der Waals surface area contributed by atoms with Gasteiger partial charge < -0.3 is 16.4 Å². The third-order valence-corrected chi connectivity index (χ3v) is 2.00. The lowest BCUT2D eigenvalue weighted by Gasteiger charge is -2.14. The fourth-order valence-electron chi connectivity index (χ4n) is 1.15. The number of nitrogens with two attached hydrogens (primary N) is 2. The van der Waals surface area contributed by atoms with Crippen LogP contribution in [0.25, 0.3) is 0 Å². The standard InChI is InChI=1S/C10H14N4O2/c1-14(6-9(12)15)10(16)4-8-3-2-7(11)5-13-8/h2-3,5H,4,6,11H2,1H3,(H2,12,15). The Labute approximate surface area is 93.2 Å². The molecule has 0 aromatic carbocycles. The van der Waals surface area contributed by atoms with Crippen molar-refractivity contribution >= 4 is 17.5 Å². The summed E-state index contributed by atoms with van der Waals surface area (Å²) in [6, 6.07) is 3.34. The van der Waals surface area contributed by atoms with Crippen LogP contribution in [0.3, 0.4) is 0 Å². The Bertz CT molecular complexity index is 388. The molecule has 1 aromatic heterocycles. The molecule has 86 valence electrons. The van der Waals surface area contributed by atoms with E-state index in [4.69, 9.17) is 11.5 Å². The number of aromatic nitrogens is 1. The molecular weight excluding hydrogens is 208 g/mol. The van der Waals surface area contributed by atoms with Crippen LogP contribution in [0.2, 0.25) is 0 Å². The predicted molar refractivity (Wildman–Crippen MR) is 59.2 cm³/mol. The molecule has 1 aromatic rings. The van der Waals surface area contributed by atoms with Crippen LogP contribution < -0.4 is 11.5 Å². The van der Waals surface area contributed by atoms with Gasteiger partial charge in [0.05, 0.1) is 24.8 Å². The first kappa shape index (κ1) is 12.0. The SMILES string of the molecule is CN(CC(N)=O)C(=O)Cc1ccc(N)cn1. The van der Waals surface area contributed by atoms with Crippen molar-refractivity contribution < 1.29 is 9.59 Å². The first-order chi connectivity index (χ1) is 7.49. The number of amides is 2. The highest BCUT2D eigenvalue weighted by Crippen LogP contribution is 2.03. The highest BCUT2D eigenvalue weighted by Gasteiger charge is 2.12. The van der Waals surface area contributed by atoms with Crippen LogP contribution >= 0.6 is 0 Å². The minimum absolute atomic E-state index is 0.0895. The van der Waals surface area contributed by atoms with E-state index in [1.165, 1.54) is 18.1 Å². The molecule has 0 fully saturated rings. The summed E-state index contributed by atoms with van der Waals surface area (Å²) in [5.41, 5.74) is 11.6. The molecule has 0 aliphatic rings. The van der Waals surface area contributed by atoms with E-state index in [1.807, 2.05) is 0 Å². The van der Waals surface area contributed by atoms with Gasteiger partial charge in [-0.25, -0.2) is 0 Å². The zero-order valence-electron chi connectivity index (χ0n) is 9.01. The second kappa shape index (κ2) is 5.11. The van der Waals surface area contributed by atoms with Crippen molar-refractivity contribution in [3.8, 4) is 0 Å². The van der Waals surface area contributed by atoms with Gasteiger partial charge in [0.25, 0.3) is 0 Å². The molecule has 4 N–H and O–H groups in total. The van der Waals surface area contributed by atoms with Crippen LogP contribution in [0.1, 0.15) is 5.69 Å². The number of hydrogen-bond acceptors (Lipinski definition) is 4. The van der Waals surface area contributed by atoms with E-state index in [9.17, 15) is 9.59 Å². The van der Waals surface area contributed by atoms with Gasteiger partial charge in [0.2, 0.25) is 11.8 Å². The minimum Gasteiger partial charge on any atom is -0.397 e. The minimum atomic E-state index is -0.541. The van der Waals surface area contributed by atoms with Crippen molar-refractivity contribution in [2.75, 3.05) is 19.3 Å². The molecule has 6 heteroatoms. The molecular formula is C10H14N4O2. The molecule has 16 heavy (non-hydrogen) atoms. The smallest absolute Gasteiger partial charge is 0.237 e. The zero-order chi connectivity index (χ0) is 12.1. The average Bonchev–Trinajstić information content (AvgIpc) is 2.20. The molecule has 6 nitrogen and oxygen atoms in total. The molecule has 0 spiro atoms. The summed E-state index contributed by atoms with van der Waals surface area (Å²) in [5, 5.41) is 0. The van der Waals surface area contributed by atoms with Crippen LogP contribution in [-0.4, -0.2) is 35.3 Å². The van der Waals surface area contributed by atoms with Gasteiger partial charge in [0.1, 0.15) is 0 Å². The zero-order valence-corrected chi connectivity index (χ0v) is 9.01. The van der Waals surface area contributed by atoms with Gasteiger partial charge in [0, 0.05) is 12.7 Å². The molecule has 0 aliphatic carbocycles. The molecule has 0 saturated heterocycles. The largest absolute Gasteiger partial charge is 0.397 e. The third kappa shape index (κ3) is 3.56. The number of hydrogen-bond donors (Lipinski definition) is 2. The molecule has 2 amide bonds. The summed E-state index contributed by atoms with van der Waals surface area (Å²) in [7, 11) is 1.52. The van der Waals surface area contributed by atoms with Crippen molar-refractivity contribution in [2.24, 2.45) is 5.73 Å². The van der Waals surface area contributed by atoms with E-state index in [1.54, 1.807) is 12.1 Å². The quantitative estimate of drug-likeness (QED) is 0.692. The molecule has 0 unspecified atom stereocenters. The summed E-state index contributed by atoms with van der Waals surface area (Å²) in [4.78, 5) is 27.4. The molecule has 0 radical (unpaired) electrons. The summed E-state index contributed by atoms with van der Waals surface area (Å²) in [5.74, 6) is -0.753. The Kier molecular flexibility index (Phi) is 3.82. The number of likely N-dealkylation sites (N-methyl/N-ethyl adjacent to an activating group) is 1. The Morgan fingerprint density at radius 2 is 2.12 bits per heavy atom. The van der Waals surface area contributed by atoms with E-state index in [0.29, 0.717) is 11.4 Å². The predicted octanol–water partition coefficient (Wildman–Crippen LogP) is -0.850. The summed E-state index contributed by atoms with van der Waals surface area (Å²) in [6.07, 6.45) is 1.61. The molecule has 0 atom stereocenters. The number of nitrogens with zero attached hydrogens (tertiary/aromatic N) is 2. The van der Waals surface area contributed by atoms with E-state index in [0.717, 1.165) is 0 Å². The van der Waals surface area contributed by atoms with Crippen molar-refractivity contribution in [3.63, 3.8) is 0 Å². The number of rotatable bonds is 4. The maximum Gasteiger partial charge on any atom is 0.237 e. The number of carbonyl (C=O) groups excluding carboxylic acids is 2. The topological polar surface area (TPSA) is 102 Å². The molecule has 0 saturated carbocycles. The third-order valence-electron chi connectivity index (χ3n) is 2.00. The highest BCUT2D eigenvalue weighted by atomic mass is 16.2. The van der Waals surface area contributed by atoms with Crippen LogP contribution in [0, 0.1) is 0 Å². The number of nitrogen functional groups attached to an aromatic ring is 1. The summed E-state index contributed by atoms with van der Waals surface area (Å²) >= 11 is 0. The van der Waals surface area contributed by atoms with E-state index in [-0.39, 0.29) is 18.9 Å². The second-order valence-corrected chi connectivity index (χ2v) is 3.48. The Morgan fingerprint density at radius 3 is 2.62 bits per heavy atom. The normalized spacial score (nSPS) is 9.81. The maximum atomic E-state index is 11.6. The van der Waals surface area contributed by atoms with Gasteiger partial charge >= 0.3 is 0 Å². The fraction of sp³-hybridized carbons (Fsp3) is 0.300. The second-order valence-electron chi connectivity index (χ2n) is 3.48. The summed E-state index contributed by atoms with van der Waals surface area (Å²) in [6.45, 7) is -0.0895. The number of primary amides is 1. The molecule has 0 bridgehead atoms. The number of pyridine rings is 1. The van der Waals surface area contributed by atoms with Gasteiger partial charge in [-0.3, -0.25) is 14.6 Å². The van der Waals surface area contributed by atoms with Crippen LogP contribution in [0.15, 0.2) is 18.3 Å². The number of anilines is 1. The Hall–Kier alpha value is -2.11. The lowest BCUT2D eigenvalue weighted by molar-refractivity contribution is -0.133. The first-order valence-electron chi connectivity index (χ1n) is 4.71. The Morgan fingerprint density at radius 1 is 1.44 bits per heavy atom. The van der Waals surface area contributed by atoms with Crippen molar-refractivity contribution in [1.82, 2.24) is 9.88 Å². The fourth-order valence-corrected chi connectivity index (χ4v) is 1.15. The summed E-state index contributed by atoms with van der Waals surface area (Å²) < 4.78 is 0. The van der Waals surface area contributed by atoms with Crippen molar-refractivity contribution in [2.45, 2.75) is 6.42 Å². The average molecular weight is 222 g/mol. The maximum absolute atomic E-state index is 11.6. The lowest BCUT2D eigenvalue weighted by Crippen LogP contribution is -2.36. The highest BCUT2D eigenvalue weighted by molar-refractivity contribution is 5.84. The monoisotopic (exact) mass is 222 g/mol. The van der Waals surface area contributed by atoms with E-state index < -0.39 is 5.91 Å². The van der Waals surface area contributed by atoms with Crippen LogP contribution in [0.5, 0.6) is 0 Å². The van der Waals surface area contributed by atoms with E-state index in [2.05, 4.69) is 4.98 Å². The molecule has 1 rings (SSSR count). The van der Waals surface area contributed by atoms with Gasteiger partial charge in [-0.2, -0.15) is 0 Å². The van der Waals surface area contributed by atoms with Gasteiger partial charge in [0.15, 0.2) is 0 Å². The Balaban J connectivity index is 2.57. The van der Waals surface area contributed by atoms with Gasteiger partial charge in [-0.1, -0.05) is 0 Å².